The van der Waals surface area contributed by atoms with Crippen LogP contribution in [0.4, 0.5) is 9.80 Å². The molecule has 2 unspecified atom stereocenters. The summed E-state index contributed by atoms with van der Waals surface area (Å²) in [6.45, 7) is 4.47. The molecule has 3 aliphatic heterocycles. The van der Waals surface area contributed by atoms with Crippen molar-refractivity contribution in [1.82, 2.24) is 15.5 Å². The maximum absolute atomic E-state index is 12.3. The molecule has 2 atom stereocenters. The average molecular weight is 349 g/mol. The molecule has 0 radical (unpaired) electrons. The second-order valence-electron chi connectivity index (χ2n) is 7.38. The molecule has 0 spiro atoms. The Morgan fingerprint density at radius 2 is 1.83 bits per heavy atom. The molecule has 24 heavy (non-hydrogen) atoms. The summed E-state index contributed by atoms with van der Waals surface area (Å²) in [5.74, 6) is 0. The van der Waals surface area contributed by atoms with E-state index in [9.17, 15) is 4.79 Å². The number of carbonyl (C=O) groups is 1. The van der Waals surface area contributed by atoms with E-state index in [0.29, 0.717) is 18.1 Å². The lowest BCUT2D eigenvalue weighted by Crippen LogP contribution is -2.53. The molecule has 6 heteroatoms. The molecule has 4 rings (SSSR count). The van der Waals surface area contributed by atoms with Gasteiger partial charge in [0.15, 0.2) is 0 Å². The van der Waals surface area contributed by atoms with Crippen LogP contribution in [0.25, 0.3) is 0 Å². The van der Waals surface area contributed by atoms with Crippen molar-refractivity contribution in [1.29, 1.82) is 0 Å². The second-order valence-corrected chi connectivity index (χ2v) is 8.31. The van der Waals surface area contributed by atoms with E-state index in [4.69, 9.17) is 0 Å². The van der Waals surface area contributed by atoms with Crippen LogP contribution in [0.15, 0.2) is 17.5 Å². The third-order valence-corrected chi connectivity index (χ3v) is 6.73. The van der Waals surface area contributed by atoms with Gasteiger partial charge in [-0.25, -0.2) is 4.79 Å². The van der Waals surface area contributed by atoms with E-state index < -0.39 is 0 Å². The first kappa shape index (κ1) is 16.2. The molecule has 2 amide bonds. The second kappa shape index (κ2) is 7.31. The first-order chi connectivity index (χ1) is 11.8. The molecule has 5 nitrogen and oxygen atoms in total. The highest BCUT2D eigenvalue weighted by Gasteiger charge is 2.32. The zero-order valence-corrected chi connectivity index (χ0v) is 15.1. The fraction of sp³-hybridized carbons (Fsp3) is 0.722. The quantitative estimate of drug-likeness (QED) is 0.883. The summed E-state index contributed by atoms with van der Waals surface area (Å²) in [6.07, 6.45) is 6.93. The number of nitrogens with one attached hydrogen (secondary N) is 2. The fourth-order valence-electron chi connectivity index (χ4n) is 4.46. The van der Waals surface area contributed by atoms with E-state index in [0.717, 1.165) is 45.3 Å². The van der Waals surface area contributed by atoms with E-state index in [-0.39, 0.29) is 6.03 Å². The van der Waals surface area contributed by atoms with Crippen LogP contribution < -0.4 is 15.5 Å². The Hall–Kier alpha value is -1.27. The molecule has 3 fully saturated rings. The summed E-state index contributed by atoms with van der Waals surface area (Å²) < 4.78 is 0. The standard InChI is InChI=1S/C18H28N4OS/c23-18(20-15-7-9-21-8-1-3-16(21)13-15)19-14-5-10-22(11-6-14)17-4-2-12-24-17/h2,4,12,14-16H,1,3,5-11,13H2,(H2,19,20,23). The van der Waals surface area contributed by atoms with Gasteiger partial charge in [0.25, 0.3) is 0 Å². The lowest BCUT2D eigenvalue weighted by atomic mass is 9.98. The summed E-state index contributed by atoms with van der Waals surface area (Å²) in [6, 6.07) is 5.70. The number of rotatable bonds is 3. The highest BCUT2D eigenvalue weighted by atomic mass is 32.1. The highest BCUT2D eigenvalue weighted by Crippen LogP contribution is 2.27. The van der Waals surface area contributed by atoms with Gasteiger partial charge in [0.1, 0.15) is 0 Å². The third kappa shape index (κ3) is 3.70. The lowest BCUT2D eigenvalue weighted by Gasteiger charge is -2.36. The van der Waals surface area contributed by atoms with Crippen molar-refractivity contribution in [2.45, 2.75) is 56.7 Å². The van der Waals surface area contributed by atoms with Gasteiger partial charge in [-0.1, -0.05) is 0 Å². The predicted octanol–water partition coefficient (Wildman–Crippen LogP) is 2.64. The number of amides is 2. The Morgan fingerprint density at radius 1 is 1.04 bits per heavy atom. The zero-order valence-electron chi connectivity index (χ0n) is 14.2. The van der Waals surface area contributed by atoms with Crippen LogP contribution in [0.3, 0.4) is 0 Å². The van der Waals surface area contributed by atoms with Crippen molar-refractivity contribution in [3.8, 4) is 0 Å². The highest BCUT2D eigenvalue weighted by molar-refractivity contribution is 7.14. The molecule has 0 bridgehead atoms. The minimum Gasteiger partial charge on any atom is -0.363 e. The molecular weight excluding hydrogens is 320 g/mol. The smallest absolute Gasteiger partial charge is 0.315 e. The van der Waals surface area contributed by atoms with Gasteiger partial charge in [-0.15, -0.1) is 11.3 Å². The van der Waals surface area contributed by atoms with E-state index in [1.54, 1.807) is 11.3 Å². The van der Waals surface area contributed by atoms with Crippen molar-refractivity contribution >= 4 is 22.4 Å². The minimum atomic E-state index is 0.0426. The van der Waals surface area contributed by atoms with Crippen molar-refractivity contribution in [3.05, 3.63) is 17.5 Å². The van der Waals surface area contributed by atoms with E-state index in [2.05, 4.69) is 37.9 Å². The Labute approximate surface area is 148 Å². The van der Waals surface area contributed by atoms with E-state index in [1.165, 1.54) is 24.4 Å². The Bertz CT molecular complexity index is 541. The van der Waals surface area contributed by atoms with Crippen LogP contribution in [-0.2, 0) is 0 Å². The van der Waals surface area contributed by atoms with Crippen molar-refractivity contribution in [3.63, 3.8) is 0 Å². The maximum Gasteiger partial charge on any atom is 0.315 e. The number of fused-ring (bicyclic) bond motifs is 1. The number of carbonyl (C=O) groups excluding carboxylic acids is 1. The molecule has 3 aliphatic rings. The zero-order chi connectivity index (χ0) is 16.4. The molecule has 0 aromatic carbocycles. The summed E-state index contributed by atoms with van der Waals surface area (Å²) in [4.78, 5) is 17.4. The van der Waals surface area contributed by atoms with Crippen LogP contribution in [-0.4, -0.2) is 55.2 Å². The van der Waals surface area contributed by atoms with Crippen LogP contribution in [0.1, 0.15) is 38.5 Å². The van der Waals surface area contributed by atoms with Gasteiger partial charge >= 0.3 is 6.03 Å². The molecular formula is C18H28N4OS. The topological polar surface area (TPSA) is 47.6 Å². The number of urea groups is 1. The third-order valence-electron chi connectivity index (χ3n) is 5.80. The van der Waals surface area contributed by atoms with Crippen LogP contribution in [0.2, 0.25) is 0 Å². The molecule has 1 aromatic rings. The van der Waals surface area contributed by atoms with Gasteiger partial charge in [0.05, 0.1) is 5.00 Å². The number of nitrogens with zero attached hydrogens (tertiary/aromatic N) is 2. The Morgan fingerprint density at radius 3 is 2.62 bits per heavy atom. The normalized spacial score (nSPS) is 28.6. The first-order valence-electron chi connectivity index (χ1n) is 9.37. The monoisotopic (exact) mass is 348 g/mol. The van der Waals surface area contributed by atoms with Crippen LogP contribution in [0, 0.1) is 0 Å². The number of anilines is 1. The van der Waals surface area contributed by atoms with Gasteiger partial charge in [-0.2, -0.15) is 0 Å². The molecule has 4 heterocycles. The van der Waals surface area contributed by atoms with Gasteiger partial charge in [0.2, 0.25) is 0 Å². The van der Waals surface area contributed by atoms with Crippen molar-refractivity contribution in [2.24, 2.45) is 0 Å². The number of thiophene rings is 1. The lowest BCUT2D eigenvalue weighted by molar-refractivity contribution is 0.165. The Balaban J connectivity index is 1.20. The number of hydrogen-bond acceptors (Lipinski definition) is 4. The molecule has 3 saturated heterocycles. The van der Waals surface area contributed by atoms with E-state index in [1.807, 2.05) is 0 Å². The van der Waals surface area contributed by atoms with Gasteiger partial charge in [-0.05, 0) is 62.6 Å². The maximum atomic E-state index is 12.3. The summed E-state index contributed by atoms with van der Waals surface area (Å²) >= 11 is 1.80. The minimum absolute atomic E-state index is 0.0426. The van der Waals surface area contributed by atoms with Crippen LogP contribution >= 0.6 is 11.3 Å². The fourth-order valence-corrected chi connectivity index (χ4v) is 5.25. The largest absolute Gasteiger partial charge is 0.363 e. The van der Waals surface area contributed by atoms with Gasteiger partial charge in [-0.3, -0.25) is 0 Å². The molecule has 2 N–H and O–H groups in total. The van der Waals surface area contributed by atoms with Crippen molar-refractivity contribution < 1.29 is 4.79 Å². The number of piperidine rings is 2. The molecule has 0 aliphatic carbocycles. The number of hydrogen-bond donors (Lipinski definition) is 2. The summed E-state index contributed by atoms with van der Waals surface area (Å²) in [5, 5.41) is 9.91. The average Bonchev–Trinajstić information content (AvgIpc) is 3.26. The first-order valence-corrected chi connectivity index (χ1v) is 10.3. The predicted molar refractivity (Wildman–Crippen MR) is 98.8 cm³/mol. The van der Waals surface area contributed by atoms with E-state index >= 15 is 0 Å². The Kier molecular flexibility index (Phi) is 4.94. The van der Waals surface area contributed by atoms with Crippen molar-refractivity contribution in [2.75, 3.05) is 31.1 Å². The van der Waals surface area contributed by atoms with Gasteiger partial charge < -0.3 is 20.4 Å². The summed E-state index contributed by atoms with van der Waals surface area (Å²) in [5.41, 5.74) is 0. The SMILES string of the molecule is O=C(NC1CCN(c2cccs2)CC1)NC1CCN2CCCC2C1. The summed E-state index contributed by atoms with van der Waals surface area (Å²) in [7, 11) is 0. The molecule has 0 saturated carbocycles. The molecule has 1 aromatic heterocycles. The van der Waals surface area contributed by atoms with Gasteiger partial charge in [0, 0.05) is 37.8 Å². The molecule has 132 valence electrons. The van der Waals surface area contributed by atoms with Crippen LogP contribution in [0.5, 0.6) is 0 Å².